The predicted octanol–water partition coefficient (Wildman–Crippen LogP) is 6.13. The zero-order valence-corrected chi connectivity index (χ0v) is 21.1. The average molecular weight is 480 g/mol. The summed E-state index contributed by atoms with van der Waals surface area (Å²) >= 11 is 0. The van der Waals surface area contributed by atoms with Crippen LogP contribution in [0.5, 0.6) is 0 Å². The molecule has 0 spiro atoms. The Bertz CT molecular complexity index is 1340. The summed E-state index contributed by atoms with van der Waals surface area (Å²) in [5.74, 6) is -1.63. The van der Waals surface area contributed by atoms with Gasteiger partial charge in [0.2, 0.25) is 0 Å². The van der Waals surface area contributed by atoms with E-state index >= 15 is 0 Å². The van der Waals surface area contributed by atoms with E-state index in [9.17, 15) is 18.0 Å². The fourth-order valence-electron chi connectivity index (χ4n) is 4.39. The summed E-state index contributed by atoms with van der Waals surface area (Å²) in [6.45, 7) is 11.8. The van der Waals surface area contributed by atoms with Crippen molar-refractivity contribution in [2.45, 2.75) is 64.2 Å². The van der Waals surface area contributed by atoms with Gasteiger partial charge in [-0.25, -0.2) is 0 Å². The second kappa shape index (κ2) is 8.64. The first-order valence-electron chi connectivity index (χ1n) is 11.5. The maximum atomic E-state index is 13.7. The molecule has 6 nitrogen and oxygen atoms in total. The van der Waals surface area contributed by atoms with Crippen molar-refractivity contribution < 1.29 is 22.3 Å². The molecule has 34 heavy (non-hydrogen) atoms. The molecule has 0 aliphatic carbocycles. The van der Waals surface area contributed by atoms with Gasteiger partial charge in [0.15, 0.2) is 0 Å². The highest BCUT2D eigenvalue weighted by Crippen LogP contribution is 2.37. The molecule has 0 radical (unpaired) electrons. The number of nitrogens with zero attached hydrogens (tertiary/aromatic N) is 1. The summed E-state index contributed by atoms with van der Waals surface area (Å²) in [5, 5.41) is 1.62. The molecule has 1 aliphatic rings. The molecule has 0 N–H and O–H groups in total. The lowest BCUT2D eigenvalue weighted by atomic mass is 9.89. The van der Waals surface area contributed by atoms with E-state index < -0.39 is 21.9 Å². The topological polar surface area (TPSA) is 80.8 Å². The molecule has 0 unspecified atom stereocenters. The maximum absolute atomic E-state index is 13.7. The van der Waals surface area contributed by atoms with Crippen LogP contribution in [0.25, 0.3) is 10.8 Å². The summed E-state index contributed by atoms with van der Waals surface area (Å²) in [6, 6.07) is 13.9. The van der Waals surface area contributed by atoms with Crippen molar-refractivity contribution in [1.29, 1.82) is 0 Å². The first kappa shape index (κ1) is 24.1. The number of rotatable bonds is 6. The molecule has 3 aromatic rings. The molecule has 0 atom stereocenters. The first-order chi connectivity index (χ1) is 15.9. The Labute approximate surface area is 200 Å². The van der Waals surface area contributed by atoms with E-state index in [-0.39, 0.29) is 33.8 Å². The largest absolute Gasteiger partial charge is 0.318 e. The molecular formula is C27H29NO5S. The number of benzene rings is 3. The Balaban J connectivity index is 1.86. The number of imide groups is 1. The van der Waals surface area contributed by atoms with Gasteiger partial charge in [0.05, 0.1) is 11.1 Å². The lowest BCUT2D eigenvalue weighted by Crippen LogP contribution is -2.42. The van der Waals surface area contributed by atoms with Gasteiger partial charge in [0.25, 0.3) is 11.8 Å². The van der Waals surface area contributed by atoms with E-state index in [1.807, 2.05) is 39.8 Å². The van der Waals surface area contributed by atoms with Crippen LogP contribution in [0.3, 0.4) is 0 Å². The van der Waals surface area contributed by atoms with Crippen LogP contribution in [0.1, 0.15) is 96.7 Å². The van der Waals surface area contributed by atoms with Crippen molar-refractivity contribution in [3.05, 3.63) is 76.3 Å². The van der Waals surface area contributed by atoms with Crippen molar-refractivity contribution in [2.24, 2.45) is 0 Å². The van der Waals surface area contributed by atoms with Crippen molar-refractivity contribution in [2.75, 3.05) is 0 Å². The maximum Gasteiger partial charge on any atom is 0.318 e. The fourth-order valence-corrected chi connectivity index (χ4v) is 5.96. The van der Waals surface area contributed by atoms with Crippen LogP contribution in [0.4, 0.5) is 0 Å². The Morgan fingerprint density at radius 3 is 1.62 bits per heavy atom. The first-order valence-corrected chi connectivity index (χ1v) is 12.9. The van der Waals surface area contributed by atoms with Crippen molar-refractivity contribution in [1.82, 2.24) is 5.06 Å². The highest BCUT2D eigenvalue weighted by molar-refractivity contribution is 7.86. The van der Waals surface area contributed by atoms with Gasteiger partial charge in [-0.3, -0.25) is 9.59 Å². The van der Waals surface area contributed by atoms with Gasteiger partial charge in [-0.1, -0.05) is 77.9 Å². The number of carbonyl (C=O) groups is 2. The molecule has 178 valence electrons. The Kier molecular flexibility index (Phi) is 6.12. The summed E-state index contributed by atoms with van der Waals surface area (Å²) in [5.41, 5.74) is 2.69. The third-order valence-electron chi connectivity index (χ3n) is 6.24. The summed E-state index contributed by atoms with van der Waals surface area (Å²) in [6.07, 6.45) is 0. The highest BCUT2D eigenvalue weighted by atomic mass is 32.2. The van der Waals surface area contributed by atoms with Crippen LogP contribution in [0, 0.1) is 0 Å². The average Bonchev–Trinajstić information content (AvgIpc) is 2.79. The molecule has 0 bridgehead atoms. The monoisotopic (exact) mass is 479 g/mol. The van der Waals surface area contributed by atoms with Crippen molar-refractivity contribution in [3.63, 3.8) is 0 Å². The second-order valence-electron chi connectivity index (χ2n) is 9.64. The molecule has 2 amide bonds. The predicted molar refractivity (Wildman–Crippen MR) is 131 cm³/mol. The summed E-state index contributed by atoms with van der Waals surface area (Å²) < 4.78 is 32.8. The number of amides is 2. The summed E-state index contributed by atoms with van der Waals surface area (Å²) in [4.78, 5) is 26.5. The van der Waals surface area contributed by atoms with Crippen LogP contribution in [-0.4, -0.2) is 25.3 Å². The van der Waals surface area contributed by atoms with E-state index in [0.29, 0.717) is 21.6 Å². The number of carbonyl (C=O) groups excluding carboxylic acids is 2. The molecule has 0 fully saturated rings. The fraction of sp³-hybridized carbons (Fsp3) is 0.333. The zero-order chi connectivity index (χ0) is 24.9. The van der Waals surface area contributed by atoms with Gasteiger partial charge >= 0.3 is 10.1 Å². The summed E-state index contributed by atoms with van der Waals surface area (Å²) in [7, 11) is -4.51. The molecule has 1 aliphatic heterocycles. The third kappa shape index (κ3) is 3.93. The van der Waals surface area contributed by atoms with Crippen LogP contribution >= 0.6 is 0 Å². The number of hydroxylamine groups is 2. The van der Waals surface area contributed by atoms with Crippen LogP contribution in [0.2, 0.25) is 0 Å². The third-order valence-corrected chi connectivity index (χ3v) is 7.55. The van der Waals surface area contributed by atoms with Crippen molar-refractivity contribution in [3.8, 4) is 0 Å². The Hall–Kier alpha value is -3.03. The highest BCUT2D eigenvalue weighted by Gasteiger charge is 2.39. The zero-order valence-electron chi connectivity index (χ0n) is 20.2. The van der Waals surface area contributed by atoms with Gasteiger partial charge in [0.1, 0.15) is 4.90 Å². The lowest BCUT2D eigenvalue weighted by molar-refractivity contribution is -0.0156. The SMILES string of the molecule is CC(C)c1cc(C(C)C)c(S(=O)(=O)ON2C(=O)c3cccc4cccc(c34)C2=O)c(C(C)C)c1. The van der Waals surface area contributed by atoms with E-state index in [2.05, 4.69) is 13.8 Å². The molecular weight excluding hydrogens is 450 g/mol. The van der Waals surface area contributed by atoms with Gasteiger partial charge < -0.3 is 0 Å². The standard InChI is InChI=1S/C27H29NO5S/c1-15(2)19-13-22(16(3)4)25(23(14-19)17(5)6)34(31,32)33-28-26(29)20-11-7-9-18-10-8-12-21(24(18)20)27(28)30/h7-17H,1-6H3. The number of hydrogen-bond donors (Lipinski definition) is 0. The van der Waals surface area contributed by atoms with Gasteiger partial charge in [-0.05, 0) is 52.0 Å². The Morgan fingerprint density at radius 1 is 0.735 bits per heavy atom. The molecule has 4 rings (SSSR count). The minimum Gasteiger partial charge on any atom is -0.266 e. The van der Waals surface area contributed by atoms with Crippen LogP contribution < -0.4 is 0 Å². The number of hydrogen-bond acceptors (Lipinski definition) is 5. The normalized spacial score (nSPS) is 14.2. The van der Waals surface area contributed by atoms with Crippen molar-refractivity contribution >= 4 is 32.7 Å². The van der Waals surface area contributed by atoms with E-state index in [4.69, 9.17) is 4.28 Å². The minimum absolute atomic E-state index is 0.0274. The van der Waals surface area contributed by atoms with E-state index in [1.54, 1.807) is 36.4 Å². The molecule has 3 aromatic carbocycles. The van der Waals surface area contributed by atoms with E-state index in [0.717, 1.165) is 10.9 Å². The molecule has 0 saturated carbocycles. The van der Waals surface area contributed by atoms with Crippen LogP contribution in [-0.2, 0) is 14.4 Å². The van der Waals surface area contributed by atoms with Gasteiger partial charge in [0, 0.05) is 5.39 Å². The molecule has 1 heterocycles. The Morgan fingerprint density at radius 2 is 1.21 bits per heavy atom. The quantitative estimate of drug-likeness (QED) is 0.398. The molecule has 7 heteroatoms. The molecule has 0 saturated heterocycles. The molecule has 0 aromatic heterocycles. The van der Waals surface area contributed by atoms with Gasteiger partial charge in [-0.2, -0.15) is 8.42 Å². The van der Waals surface area contributed by atoms with Crippen LogP contribution in [0.15, 0.2) is 53.4 Å². The minimum atomic E-state index is -4.51. The smallest absolute Gasteiger partial charge is 0.266 e. The lowest BCUT2D eigenvalue weighted by Gasteiger charge is -2.27. The van der Waals surface area contributed by atoms with E-state index in [1.165, 1.54) is 0 Å². The second-order valence-corrected chi connectivity index (χ2v) is 11.1. The van der Waals surface area contributed by atoms with Gasteiger partial charge in [-0.15, -0.1) is 9.35 Å².